The molecule has 3 N–H and O–H groups in total. The number of carbonyl (C=O) groups excluding carboxylic acids is 2. The van der Waals surface area contributed by atoms with Gasteiger partial charge < -0.3 is 24.8 Å². The number of carbonyl (C=O) groups is 3. The Kier molecular flexibility index (Phi) is 19.5. The van der Waals surface area contributed by atoms with Crippen LogP contribution in [0.2, 0.25) is 0 Å². The molecule has 0 amide bonds. The third kappa shape index (κ3) is 15.5. The minimum Gasteiger partial charge on any atom is -0.481 e. The molecule has 0 fully saturated rings. The van der Waals surface area contributed by atoms with Gasteiger partial charge in [-0.2, -0.15) is 0 Å². The molecule has 0 aromatic heterocycles. The highest BCUT2D eigenvalue weighted by molar-refractivity contribution is 6.03. The predicted molar refractivity (Wildman–Crippen MR) is 141 cm³/mol. The molecule has 0 saturated carbocycles. The fourth-order valence-electron chi connectivity index (χ4n) is 2.61. The molecular formula is C28H48O8. The molecule has 8 heteroatoms. The van der Waals surface area contributed by atoms with Crippen molar-refractivity contribution >= 4 is 17.9 Å². The van der Waals surface area contributed by atoms with E-state index < -0.39 is 24.0 Å². The number of rotatable bonds is 12. The number of carboxylic acid groups (broad SMARTS) is 1. The quantitative estimate of drug-likeness (QED) is 0.252. The second kappa shape index (κ2) is 19.7. The van der Waals surface area contributed by atoms with Crippen LogP contribution in [0.5, 0.6) is 0 Å². The van der Waals surface area contributed by atoms with Gasteiger partial charge in [0.25, 0.3) is 0 Å². The van der Waals surface area contributed by atoms with Gasteiger partial charge in [-0.15, -0.1) is 0 Å². The Morgan fingerprint density at radius 3 is 1.44 bits per heavy atom. The molecule has 208 valence electrons. The molecule has 0 spiro atoms. The Labute approximate surface area is 217 Å². The molecule has 0 aliphatic heterocycles. The molecule has 0 bridgehead atoms. The summed E-state index contributed by atoms with van der Waals surface area (Å²) in [7, 11) is 0. The summed E-state index contributed by atoms with van der Waals surface area (Å²) < 4.78 is 10.3. The second-order valence-corrected chi connectivity index (χ2v) is 9.85. The molecule has 1 atom stereocenters. The molecule has 0 heterocycles. The lowest BCUT2D eigenvalue weighted by Gasteiger charge is -2.30. The van der Waals surface area contributed by atoms with Crippen molar-refractivity contribution in [1.29, 1.82) is 0 Å². The summed E-state index contributed by atoms with van der Waals surface area (Å²) in [6.07, 6.45) is 3.11. The third-order valence-electron chi connectivity index (χ3n) is 5.16. The third-order valence-corrected chi connectivity index (χ3v) is 5.16. The van der Waals surface area contributed by atoms with Crippen LogP contribution < -0.4 is 0 Å². The van der Waals surface area contributed by atoms with Gasteiger partial charge in [-0.25, -0.2) is 9.59 Å². The highest BCUT2D eigenvalue weighted by Gasteiger charge is 2.29. The molecule has 1 unspecified atom stereocenters. The largest absolute Gasteiger partial charge is 0.481 e. The summed E-state index contributed by atoms with van der Waals surface area (Å²) in [5.41, 5.74) is 0.170. The van der Waals surface area contributed by atoms with E-state index in [0.29, 0.717) is 13.2 Å². The van der Waals surface area contributed by atoms with E-state index in [0.717, 1.165) is 25.7 Å². The SMILES string of the molecule is CC(C)C(=O)O.CC(C)C(O)C(C)(C)CO.CCCCOC(=O)c1ccccc1C(=O)OCCCC. The van der Waals surface area contributed by atoms with Gasteiger partial charge in [0, 0.05) is 5.41 Å². The van der Waals surface area contributed by atoms with E-state index in [1.807, 2.05) is 41.5 Å². The van der Waals surface area contributed by atoms with Gasteiger partial charge in [-0.3, -0.25) is 4.79 Å². The lowest BCUT2D eigenvalue weighted by atomic mass is 9.82. The molecule has 1 aromatic carbocycles. The van der Waals surface area contributed by atoms with Crippen molar-refractivity contribution in [2.24, 2.45) is 17.3 Å². The molecule has 8 nitrogen and oxygen atoms in total. The topological polar surface area (TPSA) is 130 Å². The van der Waals surface area contributed by atoms with Crippen LogP contribution in [0.4, 0.5) is 0 Å². The fourth-order valence-corrected chi connectivity index (χ4v) is 2.61. The van der Waals surface area contributed by atoms with Crippen molar-refractivity contribution in [2.75, 3.05) is 19.8 Å². The molecule has 36 heavy (non-hydrogen) atoms. The number of esters is 2. The van der Waals surface area contributed by atoms with E-state index in [1.54, 1.807) is 38.1 Å². The number of ether oxygens (including phenoxy) is 2. The Morgan fingerprint density at radius 1 is 0.861 bits per heavy atom. The van der Waals surface area contributed by atoms with Crippen LogP contribution in [-0.4, -0.2) is 59.2 Å². The minimum absolute atomic E-state index is 0.0341. The van der Waals surface area contributed by atoms with Crippen molar-refractivity contribution in [3.8, 4) is 0 Å². The summed E-state index contributed by atoms with van der Waals surface area (Å²) in [5.74, 6) is -1.70. The smallest absolute Gasteiger partial charge is 0.339 e. The van der Waals surface area contributed by atoms with E-state index in [4.69, 9.17) is 19.7 Å². The Bertz CT molecular complexity index is 715. The van der Waals surface area contributed by atoms with E-state index >= 15 is 0 Å². The molecule has 1 aromatic rings. The number of hydrogen-bond donors (Lipinski definition) is 3. The normalized spacial score (nSPS) is 11.6. The van der Waals surface area contributed by atoms with Crippen LogP contribution in [-0.2, 0) is 14.3 Å². The van der Waals surface area contributed by atoms with Crippen molar-refractivity contribution in [2.45, 2.75) is 87.2 Å². The summed E-state index contributed by atoms with van der Waals surface area (Å²) in [6.45, 7) is 15.7. The zero-order valence-corrected chi connectivity index (χ0v) is 23.4. The number of aliphatic hydroxyl groups excluding tert-OH is 2. The molecule has 0 radical (unpaired) electrons. The van der Waals surface area contributed by atoms with Crippen LogP contribution in [0.3, 0.4) is 0 Å². The van der Waals surface area contributed by atoms with E-state index in [1.165, 1.54) is 0 Å². The lowest BCUT2D eigenvalue weighted by Crippen LogP contribution is -2.36. The first-order valence-corrected chi connectivity index (χ1v) is 12.7. The van der Waals surface area contributed by atoms with Crippen LogP contribution in [0.15, 0.2) is 24.3 Å². The average molecular weight is 513 g/mol. The molecule has 0 aliphatic carbocycles. The summed E-state index contributed by atoms with van der Waals surface area (Å²) >= 11 is 0. The van der Waals surface area contributed by atoms with Gasteiger partial charge in [0.2, 0.25) is 0 Å². The van der Waals surface area contributed by atoms with Crippen molar-refractivity contribution < 1.29 is 39.2 Å². The number of aliphatic carboxylic acids is 1. The fraction of sp³-hybridized carbons (Fsp3) is 0.679. The Morgan fingerprint density at radius 2 is 1.22 bits per heavy atom. The van der Waals surface area contributed by atoms with Gasteiger partial charge in [0.1, 0.15) is 0 Å². The molecule has 0 aliphatic rings. The number of unbranched alkanes of at least 4 members (excludes halogenated alkanes) is 2. The monoisotopic (exact) mass is 512 g/mol. The van der Waals surface area contributed by atoms with Crippen molar-refractivity contribution in [3.63, 3.8) is 0 Å². The van der Waals surface area contributed by atoms with Crippen LogP contribution >= 0.6 is 0 Å². The van der Waals surface area contributed by atoms with E-state index in [9.17, 15) is 19.5 Å². The van der Waals surface area contributed by atoms with E-state index in [-0.39, 0.29) is 35.0 Å². The Hall–Kier alpha value is -2.45. The maximum atomic E-state index is 11.9. The summed E-state index contributed by atoms with van der Waals surface area (Å²) in [6, 6.07) is 6.59. The minimum atomic E-state index is -0.741. The highest BCUT2D eigenvalue weighted by Crippen LogP contribution is 2.24. The van der Waals surface area contributed by atoms with Crippen molar-refractivity contribution in [3.05, 3.63) is 35.4 Å². The van der Waals surface area contributed by atoms with Crippen molar-refractivity contribution in [1.82, 2.24) is 0 Å². The number of hydrogen-bond acceptors (Lipinski definition) is 7. The van der Waals surface area contributed by atoms with Gasteiger partial charge in [-0.05, 0) is 30.9 Å². The first-order chi connectivity index (χ1) is 16.8. The van der Waals surface area contributed by atoms with Crippen LogP contribution in [0.1, 0.15) is 102 Å². The summed E-state index contributed by atoms with van der Waals surface area (Å²) in [4.78, 5) is 33.6. The standard InChI is InChI=1S/C16H22O4.C8H18O2.C4H8O2/c1-3-5-11-19-15(17)13-9-7-8-10-14(13)16(18)20-12-6-4-2;1-6(2)7(10)8(3,4)5-9;1-3(2)4(5)6/h7-10H,3-6,11-12H2,1-2H3;6-7,9-10H,5H2,1-4H3;3H,1-2H3,(H,5,6). The first-order valence-electron chi connectivity index (χ1n) is 12.7. The number of carboxylic acids is 1. The van der Waals surface area contributed by atoms with Gasteiger partial charge in [0.15, 0.2) is 0 Å². The molecular weight excluding hydrogens is 464 g/mol. The van der Waals surface area contributed by atoms with E-state index in [2.05, 4.69) is 0 Å². The maximum Gasteiger partial charge on any atom is 0.339 e. The van der Waals surface area contributed by atoms with Crippen LogP contribution in [0.25, 0.3) is 0 Å². The molecule has 0 saturated heterocycles. The highest BCUT2D eigenvalue weighted by atomic mass is 16.5. The number of aliphatic hydroxyl groups is 2. The maximum absolute atomic E-state index is 11.9. The lowest BCUT2D eigenvalue weighted by molar-refractivity contribution is -0.140. The van der Waals surface area contributed by atoms with Gasteiger partial charge in [0.05, 0.1) is 43.0 Å². The first kappa shape index (κ1) is 35.7. The second-order valence-electron chi connectivity index (χ2n) is 9.85. The Balaban J connectivity index is 0. The predicted octanol–water partition coefficient (Wildman–Crippen LogP) is 5.35. The molecule has 1 rings (SSSR count). The van der Waals surface area contributed by atoms with Gasteiger partial charge in [-0.1, -0.05) is 80.4 Å². The van der Waals surface area contributed by atoms with Crippen LogP contribution in [0, 0.1) is 17.3 Å². The summed E-state index contributed by atoms with van der Waals surface area (Å²) in [5, 5.41) is 26.3. The van der Waals surface area contributed by atoms with Gasteiger partial charge >= 0.3 is 17.9 Å². The zero-order chi connectivity index (χ0) is 28.3. The number of benzene rings is 1. The average Bonchev–Trinajstić information content (AvgIpc) is 2.84. The zero-order valence-electron chi connectivity index (χ0n) is 23.4.